The molecule has 7 nitrogen and oxygen atoms in total. The van der Waals surface area contributed by atoms with Crippen LogP contribution >= 0.6 is 22.9 Å². The number of hydrogen-bond donors (Lipinski definition) is 2. The minimum atomic E-state index is -3.72. The van der Waals surface area contributed by atoms with E-state index >= 15 is 0 Å². The fourth-order valence-electron chi connectivity index (χ4n) is 3.19. The molecule has 0 bridgehead atoms. The van der Waals surface area contributed by atoms with Crippen LogP contribution in [0.2, 0.25) is 5.02 Å². The van der Waals surface area contributed by atoms with Gasteiger partial charge in [0.15, 0.2) is 0 Å². The summed E-state index contributed by atoms with van der Waals surface area (Å²) in [5.74, 6) is 0.128. The van der Waals surface area contributed by atoms with Gasteiger partial charge in [0.25, 0.3) is 15.9 Å². The van der Waals surface area contributed by atoms with E-state index in [0.29, 0.717) is 34.5 Å². The maximum Gasteiger partial charge on any atom is 0.275 e. The highest BCUT2D eigenvalue weighted by molar-refractivity contribution is 7.90. The Morgan fingerprint density at radius 1 is 1.00 bits per heavy atom. The predicted octanol–water partition coefficient (Wildman–Crippen LogP) is 4.97. The van der Waals surface area contributed by atoms with Crippen LogP contribution in [0.4, 0.5) is 5.69 Å². The molecule has 1 amide bonds. The van der Waals surface area contributed by atoms with E-state index in [9.17, 15) is 13.2 Å². The lowest BCUT2D eigenvalue weighted by molar-refractivity contribution is 0.102. The molecule has 1 aliphatic rings. The van der Waals surface area contributed by atoms with Crippen molar-refractivity contribution in [2.24, 2.45) is 4.99 Å². The van der Waals surface area contributed by atoms with Crippen LogP contribution in [0.15, 0.2) is 63.8 Å². The molecule has 2 aromatic carbocycles. The van der Waals surface area contributed by atoms with Crippen molar-refractivity contribution < 1.29 is 13.2 Å². The van der Waals surface area contributed by atoms with E-state index in [0.717, 1.165) is 24.8 Å². The van der Waals surface area contributed by atoms with Crippen LogP contribution in [0.3, 0.4) is 0 Å². The number of thiazole rings is 1. The number of benzene rings is 2. The Kier molecular flexibility index (Phi) is 6.88. The monoisotopic (exact) mass is 488 g/mol. The van der Waals surface area contributed by atoms with E-state index in [1.165, 1.54) is 23.5 Å². The van der Waals surface area contributed by atoms with Crippen LogP contribution in [0, 0.1) is 0 Å². The number of aliphatic imine (C=N–C) groups is 1. The average Bonchev–Trinajstić information content (AvgIpc) is 3.14. The van der Waals surface area contributed by atoms with Gasteiger partial charge in [-0.3, -0.25) is 14.5 Å². The normalized spacial score (nSPS) is 14.3. The molecular formula is C22H21ClN4O3S2. The first-order chi connectivity index (χ1) is 15.4. The van der Waals surface area contributed by atoms with Crippen LogP contribution < -0.4 is 10.0 Å². The molecule has 0 saturated heterocycles. The van der Waals surface area contributed by atoms with Crippen molar-refractivity contribution in [3.8, 4) is 10.6 Å². The Labute approximate surface area is 195 Å². The van der Waals surface area contributed by atoms with Crippen molar-refractivity contribution in [2.45, 2.75) is 30.6 Å². The van der Waals surface area contributed by atoms with Gasteiger partial charge in [-0.05, 0) is 49.2 Å². The summed E-state index contributed by atoms with van der Waals surface area (Å²) in [6, 6.07) is 13.2. The number of nitrogens with zero attached hydrogens (tertiary/aromatic N) is 2. The summed E-state index contributed by atoms with van der Waals surface area (Å²) in [7, 11) is -3.72. The van der Waals surface area contributed by atoms with Gasteiger partial charge in [0.05, 0.1) is 4.90 Å². The molecule has 0 unspecified atom stereocenters. The molecule has 0 spiro atoms. The molecule has 0 atom stereocenters. The van der Waals surface area contributed by atoms with Crippen molar-refractivity contribution in [3.63, 3.8) is 0 Å². The second-order valence-electron chi connectivity index (χ2n) is 7.27. The zero-order valence-electron chi connectivity index (χ0n) is 17.0. The van der Waals surface area contributed by atoms with Gasteiger partial charge < -0.3 is 5.32 Å². The lowest BCUT2D eigenvalue weighted by Crippen LogP contribution is -2.30. The molecule has 1 aliphatic heterocycles. The van der Waals surface area contributed by atoms with E-state index < -0.39 is 10.0 Å². The topological polar surface area (TPSA) is 101 Å². The summed E-state index contributed by atoms with van der Waals surface area (Å²) in [6.07, 6.45) is 3.56. The third kappa shape index (κ3) is 5.53. The number of carbonyl (C=O) groups excluding carboxylic acids is 1. The number of anilines is 1. The van der Waals surface area contributed by atoms with Crippen LogP contribution in [0.5, 0.6) is 0 Å². The highest BCUT2D eigenvalue weighted by atomic mass is 35.5. The Morgan fingerprint density at radius 2 is 1.75 bits per heavy atom. The first-order valence-corrected chi connectivity index (χ1v) is 12.8. The van der Waals surface area contributed by atoms with Gasteiger partial charge in [-0.15, -0.1) is 11.3 Å². The van der Waals surface area contributed by atoms with Crippen molar-refractivity contribution in [2.75, 3.05) is 11.9 Å². The van der Waals surface area contributed by atoms with Crippen LogP contribution in [-0.2, 0) is 10.0 Å². The third-order valence-corrected chi connectivity index (χ3v) is 7.42. The minimum absolute atomic E-state index is 0.112. The summed E-state index contributed by atoms with van der Waals surface area (Å²) < 4.78 is 27.8. The van der Waals surface area contributed by atoms with E-state index in [-0.39, 0.29) is 16.5 Å². The first kappa shape index (κ1) is 22.4. The number of carbonyl (C=O) groups is 1. The first-order valence-electron chi connectivity index (χ1n) is 10.1. The number of halogens is 1. The second-order valence-corrected chi connectivity index (χ2v) is 10.2. The molecule has 10 heteroatoms. The predicted molar refractivity (Wildman–Crippen MR) is 128 cm³/mol. The Morgan fingerprint density at radius 3 is 2.50 bits per heavy atom. The highest BCUT2D eigenvalue weighted by Gasteiger charge is 2.18. The summed E-state index contributed by atoms with van der Waals surface area (Å²) >= 11 is 7.27. The molecule has 0 aliphatic carbocycles. The van der Waals surface area contributed by atoms with Gasteiger partial charge >= 0.3 is 0 Å². The average molecular weight is 489 g/mol. The molecular weight excluding hydrogens is 468 g/mol. The van der Waals surface area contributed by atoms with E-state index in [1.807, 2.05) is 12.1 Å². The van der Waals surface area contributed by atoms with Crippen molar-refractivity contribution in [3.05, 3.63) is 64.6 Å². The second kappa shape index (κ2) is 9.81. The van der Waals surface area contributed by atoms with Crippen LogP contribution in [-0.4, -0.2) is 31.7 Å². The number of rotatable bonds is 5. The number of nitrogens with one attached hydrogen (secondary N) is 2. The lowest BCUT2D eigenvalue weighted by atomic mass is 10.2. The maximum atomic E-state index is 12.6. The van der Waals surface area contributed by atoms with Gasteiger partial charge in [-0.1, -0.05) is 30.2 Å². The molecule has 0 saturated carbocycles. The molecule has 1 aromatic heterocycles. The Hall–Kier alpha value is -2.75. The molecule has 3 aromatic rings. The molecule has 166 valence electrons. The zero-order chi connectivity index (χ0) is 22.6. The zero-order valence-corrected chi connectivity index (χ0v) is 19.4. The van der Waals surface area contributed by atoms with Gasteiger partial charge in [-0.25, -0.2) is 13.4 Å². The van der Waals surface area contributed by atoms with Crippen molar-refractivity contribution >= 4 is 50.4 Å². The van der Waals surface area contributed by atoms with Gasteiger partial charge in [0.2, 0.25) is 0 Å². The molecule has 4 rings (SSSR count). The highest BCUT2D eigenvalue weighted by Crippen LogP contribution is 2.25. The fourth-order valence-corrected chi connectivity index (χ4v) is 5.21. The molecule has 32 heavy (non-hydrogen) atoms. The Bertz CT molecular complexity index is 1240. The third-order valence-electron chi connectivity index (χ3n) is 4.88. The summed E-state index contributed by atoms with van der Waals surface area (Å²) in [5, 5.41) is 5.76. The lowest BCUT2D eigenvalue weighted by Gasteiger charge is -2.10. The molecule has 2 N–H and O–H groups in total. The number of amidine groups is 1. The number of sulfonamides is 1. The molecule has 0 fully saturated rings. The standard InChI is InChI=1S/C22H21ClN4O3S2/c23-16-7-5-15(6-8-16)22-26-19(14-31-22)21(28)25-17-9-11-18(12-10-17)32(29,30)27-20-4-2-1-3-13-24-20/h5-12,14H,1-4,13H2,(H,24,27)(H,25,28). The fraction of sp³-hybridized carbons (Fsp3) is 0.227. The van der Waals surface area contributed by atoms with Crippen molar-refractivity contribution in [1.29, 1.82) is 0 Å². The van der Waals surface area contributed by atoms with E-state index in [4.69, 9.17) is 11.6 Å². The number of hydrogen-bond acceptors (Lipinski definition) is 6. The largest absolute Gasteiger partial charge is 0.321 e. The van der Waals surface area contributed by atoms with Gasteiger partial charge in [0, 0.05) is 34.6 Å². The number of aromatic nitrogens is 1. The smallest absolute Gasteiger partial charge is 0.275 e. The van der Waals surface area contributed by atoms with Crippen molar-refractivity contribution in [1.82, 2.24) is 9.71 Å². The maximum absolute atomic E-state index is 12.6. The van der Waals surface area contributed by atoms with Gasteiger partial charge in [-0.2, -0.15) is 0 Å². The summed E-state index contributed by atoms with van der Waals surface area (Å²) in [6.45, 7) is 0.638. The Balaban J connectivity index is 1.41. The quantitative estimate of drug-likeness (QED) is 0.529. The van der Waals surface area contributed by atoms with E-state index in [1.54, 1.807) is 29.6 Å². The SMILES string of the molecule is O=C(Nc1ccc(S(=O)(=O)NC2=NCCCCC2)cc1)c1csc(-c2ccc(Cl)cc2)n1. The van der Waals surface area contributed by atoms with E-state index in [2.05, 4.69) is 20.0 Å². The summed E-state index contributed by atoms with van der Waals surface area (Å²) in [5.41, 5.74) is 1.63. The number of amides is 1. The molecule has 2 heterocycles. The van der Waals surface area contributed by atoms with Gasteiger partial charge in [0.1, 0.15) is 16.5 Å². The minimum Gasteiger partial charge on any atom is -0.321 e. The van der Waals surface area contributed by atoms with Crippen LogP contribution in [0.25, 0.3) is 10.6 Å². The summed E-state index contributed by atoms with van der Waals surface area (Å²) in [4.78, 5) is 21.4. The van der Waals surface area contributed by atoms with Crippen LogP contribution in [0.1, 0.15) is 36.2 Å². The molecule has 0 radical (unpaired) electrons.